The van der Waals surface area contributed by atoms with Crippen LogP contribution in [0.2, 0.25) is 0 Å². The second kappa shape index (κ2) is 8.01. The Morgan fingerprint density at radius 1 is 1.18 bits per heavy atom. The summed E-state index contributed by atoms with van der Waals surface area (Å²) in [5, 5.41) is 3.68. The molecular weight excluding hydrogens is 296 g/mol. The minimum Gasteiger partial charge on any atom is -0.339 e. The second-order valence-electron chi connectivity index (χ2n) is 7.74. The van der Waals surface area contributed by atoms with Gasteiger partial charge in [0, 0.05) is 31.1 Å². The monoisotopic (exact) mass is 328 g/mol. The molecule has 22 heavy (non-hydrogen) atoms. The summed E-state index contributed by atoms with van der Waals surface area (Å²) >= 11 is 0. The number of hydrogen-bond acceptors (Lipinski definition) is 2. The molecule has 0 radical (unpaired) electrons. The number of carbonyl (C=O) groups is 1. The van der Waals surface area contributed by atoms with Gasteiger partial charge in [-0.15, -0.1) is 12.4 Å². The van der Waals surface area contributed by atoms with Crippen LogP contribution in [0.15, 0.2) is 0 Å². The second-order valence-corrected chi connectivity index (χ2v) is 7.74. The number of piperidine rings is 2. The Balaban J connectivity index is 0.00000176. The Labute approximate surface area is 142 Å². The quantitative estimate of drug-likeness (QED) is 0.852. The molecule has 0 aromatic heterocycles. The van der Waals surface area contributed by atoms with E-state index in [0.717, 1.165) is 13.0 Å². The topological polar surface area (TPSA) is 32.3 Å². The van der Waals surface area contributed by atoms with Crippen molar-refractivity contribution in [3.05, 3.63) is 0 Å². The van der Waals surface area contributed by atoms with E-state index >= 15 is 0 Å². The summed E-state index contributed by atoms with van der Waals surface area (Å²) in [6, 6.07) is 1.91. The molecule has 3 fully saturated rings. The van der Waals surface area contributed by atoms with Crippen LogP contribution in [0.4, 0.5) is 0 Å². The van der Waals surface area contributed by atoms with E-state index in [9.17, 15) is 4.79 Å². The molecule has 0 spiro atoms. The lowest BCUT2D eigenvalue weighted by atomic mass is 9.85. The fraction of sp³-hybridized carbons (Fsp3) is 0.944. The van der Waals surface area contributed by atoms with E-state index in [1.807, 2.05) is 0 Å². The van der Waals surface area contributed by atoms with Crippen molar-refractivity contribution < 1.29 is 4.79 Å². The van der Waals surface area contributed by atoms with E-state index < -0.39 is 0 Å². The zero-order valence-electron chi connectivity index (χ0n) is 14.2. The third kappa shape index (κ3) is 3.97. The van der Waals surface area contributed by atoms with Gasteiger partial charge < -0.3 is 10.2 Å². The Hall–Kier alpha value is -0.280. The summed E-state index contributed by atoms with van der Waals surface area (Å²) in [5.74, 6) is 1.77. The van der Waals surface area contributed by atoms with Crippen molar-refractivity contribution in [1.82, 2.24) is 10.2 Å². The van der Waals surface area contributed by atoms with Gasteiger partial charge in [0.15, 0.2) is 0 Å². The van der Waals surface area contributed by atoms with Gasteiger partial charge in [0.1, 0.15) is 0 Å². The molecule has 128 valence electrons. The highest BCUT2D eigenvalue weighted by Crippen LogP contribution is 2.34. The van der Waals surface area contributed by atoms with Crippen LogP contribution in [0, 0.1) is 11.8 Å². The molecule has 4 atom stereocenters. The fourth-order valence-electron chi connectivity index (χ4n) is 5.00. The molecule has 3 aliphatic rings. The zero-order valence-corrected chi connectivity index (χ0v) is 15.0. The highest BCUT2D eigenvalue weighted by Gasteiger charge is 2.36. The summed E-state index contributed by atoms with van der Waals surface area (Å²) in [6.45, 7) is 5.59. The summed E-state index contributed by atoms with van der Waals surface area (Å²) in [5.41, 5.74) is 0. The van der Waals surface area contributed by atoms with Crippen LogP contribution in [-0.2, 0) is 4.79 Å². The number of hydrogen-bond donors (Lipinski definition) is 1. The number of amides is 1. The molecule has 3 heterocycles. The van der Waals surface area contributed by atoms with Crippen LogP contribution in [0.25, 0.3) is 0 Å². The van der Waals surface area contributed by atoms with Gasteiger partial charge in [-0.05, 0) is 56.8 Å². The molecule has 2 bridgehead atoms. The number of likely N-dealkylation sites (tertiary alicyclic amines) is 1. The Bertz CT molecular complexity index is 364. The maximum atomic E-state index is 12.8. The highest BCUT2D eigenvalue weighted by molar-refractivity contribution is 5.85. The fourth-order valence-corrected chi connectivity index (χ4v) is 5.00. The molecule has 3 nitrogen and oxygen atoms in total. The van der Waals surface area contributed by atoms with Crippen molar-refractivity contribution in [2.75, 3.05) is 6.54 Å². The van der Waals surface area contributed by atoms with Crippen molar-refractivity contribution in [2.24, 2.45) is 11.8 Å². The van der Waals surface area contributed by atoms with E-state index in [1.165, 1.54) is 51.4 Å². The average molecular weight is 329 g/mol. The van der Waals surface area contributed by atoms with Crippen LogP contribution in [0.5, 0.6) is 0 Å². The first-order valence-corrected chi connectivity index (χ1v) is 9.23. The van der Waals surface area contributed by atoms with Gasteiger partial charge in [-0.3, -0.25) is 4.79 Å². The van der Waals surface area contributed by atoms with Crippen LogP contribution >= 0.6 is 12.4 Å². The van der Waals surface area contributed by atoms with Gasteiger partial charge in [-0.1, -0.05) is 20.3 Å². The van der Waals surface area contributed by atoms with E-state index in [0.29, 0.717) is 35.9 Å². The molecule has 4 heteroatoms. The third-order valence-electron chi connectivity index (χ3n) is 6.05. The van der Waals surface area contributed by atoms with E-state index in [2.05, 4.69) is 24.1 Å². The summed E-state index contributed by atoms with van der Waals surface area (Å²) in [6.07, 6.45) is 10.8. The molecule has 0 aliphatic carbocycles. The number of rotatable bonds is 4. The minimum absolute atomic E-state index is 0. The van der Waals surface area contributed by atoms with E-state index in [4.69, 9.17) is 0 Å². The van der Waals surface area contributed by atoms with Crippen molar-refractivity contribution >= 4 is 18.3 Å². The van der Waals surface area contributed by atoms with Gasteiger partial charge in [0.2, 0.25) is 5.91 Å². The standard InChI is InChI=1S/C18H32N2O.ClH/c1-3-5-17-13(2)6-4-9-20(17)18(21)12-14-10-15-7-8-16(11-14)19-15;/h13-17,19H,3-12H2,1-2H3;1H. The number of nitrogens with one attached hydrogen (secondary N) is 1. The van der Waals surface area contributed by atoms with Crippen molar-refractivity contribution in [3.63, 3.8) is 0 Å². The molecule has 0 saturated carbocycles. The lowest BCUT2D eigenvalue weighted by molar-refractivity contribution is -0.137. The molecule has 3 saturated heterocycles. The first-order chi connectivity index (χ1) is 10.2. The summed E-state index contributed by atoms with van der Waals surface area (Å²) < 4.78 is 0. The van der Waals surface area contributed by atoms with E-state index in [1.54, 1.807) is 0 Å². The predicted octanol–water partition coefficient (Wildman–Crippen LogP) is 3.76. The normalized spacial score (nSPS) is 37.7. The molecule has 1 N–H and O–H groups in total. The van der Waals surface area contributed by atoms with Gasteiger partial charge in [-0.25, -0.2) is 0 Å². The Morgan fingerprint density at radius 3 is 2.50 bits per heavy atom. The van der Waals surface area contributed by atoms with Crippen LogP contribution in [0.3, 0.4) is 0 Å². The maximum Gasteiger partial charge on any atom is 0.223 e. The average Bonchev–Trinajstić information content (AvgIpc) is 2.80. The Kier molecular flexibility index (Phi) is 6.58. The van der Waals surface area contributed by atoms with Crippen molar-refractivity contribution in [2.45, 2.75) is 89.8 Å². The summed E-state index contributed by atoms with van der Waals surface area (Å²) in [4.78, 5) is 15.1. The molecule has 4 unspecified atom stereocenters. The molecule has 0 aromatic rings. The van der Waals surface area contributed by atoms with E-state index in [-0.39, 0.29) is 12.4 Å². The molecule has 3 aliphatic heterocycles. The number of nitrogens with zero attached hydrogens (tertiary/aromatic N) is 1. The minimum atomic E-state index is 0. The predicted molar refractivity (Wildman–Crippen MR) is 93.3 cm³/mol. The molecule has 0 aromatic carbocycles. The van der Waals surface area contributed by atoms with Crippen LogP contribution in [-0.4, -0.2) is 35.5 Å². The summed E-state index contributed by atoms with van der Waals surface area (Å²) in [7, 11) is 0. The van der Waals surface area contributed by atoms with Crippen LogP contribution in [0.1, 0.15) is 71.6 Å². The molecule has 1 amide bonds. The van der Waals surface area contributed by atoms with Gasteiger partial charge in [-0.2, -0.15) is 0 Å². The lowest BCUT2D eigenvalue weighted by Crippen LogP contribution is -2.48. The SMILES string of the molecule is CCCC1C(C)CCCN1C(=O)CC1CC2CCC(C1)N2.Cl. The first-order valence-electron chi connectivity index (χ1n) is 9.23. The Morgan fingerprint density at radius 2 is 1.86 bits per heavy atom. The van der Waals surface area contributed by atoms with Crippen molar-refractivity contribution in [1.29, 1.82) is 0 Å². The molecule has 3 rings (SSSR count). The lowest BCUT2D eigenvalue weighted by Gasteiger charge is -2.41. The third-order valence-corrected chi connectivity index (χ3v) is 6.05. The van der Waals surface area contributed by atoms with Crippen LogP contribution < -0.4 is 5.32 Å². The smallest absolute Gasteiger partial charge is 0.223 e. The van der Waals surface area contributed by atoms with Gasteiger partial charge >= 0.3 is 0 Å². The zero-order chi connectivity index (χ0) is 14.8. The molecular formula is C18H33ClN2O. The largest absolute Gasteiger partial charge is 0.339 e. The number of carbonyl (C=O) groups excluding carboxylic acids is 1. The van der Waals surface area contributed by atoms with Gasteiger partial charge in [0.05, 0.1) is 0 Å². The highest BCUT2D eigenvalue weighted by atomic mass is 35.5. The number of halogens is 1. The van der Waals surface area contributed by atoms with Gasteiger partial charge in [0.25, 0.3) is 0 Å². The van der Waals surface area contributed by atoms with Crippen molar-refractivity contribution in [3.8, 4) is 0 Å². The maximum absolute atomic E-state index is 12.8. The first kappa shape index (κ1) is 18.1. The number of fused-ring (bicyclic) bond motifs is 2.